The highest BCUT2D eigenvalue weighted by Gasteiger charge is 2.50. The highest BCUT2D eigenvalue weighted by Crippen LogP contribution is 2.28. The third kappa shape index (κ3) is 4.31. The summed E-state index contributed by atoms with van der Waals surface area (Å²) in [5, 5.41) is 70.8. The van der Waals surface area contributed by atoms with E-state index in [1.807, 2.05) is 0 Å². The van der Waals surface area contributed by atoms with E-state index in [0.717, 1.165) is 6.92 Å². The molecule has 0 aliphatic carbocycles. The Labute approximate surface area is 148 Å². The van der Waals surface area contributed by atoms with Crippen LogP contribution in [0.15, 0.2) is 0 Å². The second-order valence-electron chi connectivity index (χ2n) is 6.26. The zero-order chi connectivity index (χ0) is 19.6. The van der Waals surface area contributed by atoms with E-state index in [2.05, 4.69) is 5.32 Å². The third-order valence-corrected chi connectivity index (χ3v) is 4.38. The van der Waals surface area contributed by atoms with Crippen LogP contribution in [0.3, 0.4) is 0 Å². The van der Waals surface area contributed by atoms with Crippen molar-refractivity contribution in [1.29, 1.82) is 0 Å². The molecule has 0 spiro atoms. The molecule has 2 heterocycles. The molecular weight excluding hydrogens is 358 g/mol. The lowest BCUT2D eigenvalue weighted by Gasteiger charge is -2.46. The molecule has 8 N–H and O–H groups in total. The van der Waals surface area contributed by atoms with Gasteiger partial charge >= 0.3 is 0 Å². The largest absolute Gasteiger partial charge is 0.394 e. The average Bonchev–Trinajstić information content (AvgIpc) is 2.60. The number of carbonyl (C=O) groups excluding carboxylic acids is 1. The number of amides is 1. The van der Waals surface area contributed by atoms with E-state index in [0.29, 0.717) is 0 Å². The van der Waals surface area contributed by atoms with Gasteiger partial charge in [0.15, 0.2) is 12.6 Å². The van der Waals surface area contributed by atoms with E-state index in [9.17, 15) is 40.5 Å². The van der Waals surface area contributed by atoms with E-state index in [1.54, 1.807) is 0 Å². The molecule has 0 aromatic carbocycles. The number of carbonyl (C=O) groups is 1. The predicted octanol–water partition coefficient (Wildman–Crippen LogP) is -5.25. The SMILES string of the molecule is CC(=O)N[C@H]1[C@H](O[C@@H]2[C@@H](O)[C@@H](O)O[C@H](CO)[C@@H]2O)O[C@H](CO)[C@@H](O)[C@@H]1O. The number of hydrogen-bond acceptors (Lipinski definition) is 11. The number of hydrogen-bond donors (Lipinski definition) is 8. The van der Waals surface area contributed by atoms with Crippen LogP contribution in [0.2, 0.25) is 0 Å². The molecule has 2 rings (SSSR count). The number of aliphatic hydroxyl groups is 7. The molecule has 2 saturated heterocycles. The van der Waals surface area contributed by atoms with Gasteiger partial charge in [-0.15, -0.1) is 0 Å². The molecule has 10 atom stereocenters. The summed E-state index contributed by atoms with van der Waals surface area (Å²) in [4.78, 5) is 11.4. The Morgan fingerprint density at radius 2 is 1.50 bits per heavy atom. The van der Waals surface area contributed by atoms with Crippen molar-refractivity contribution in [3.05, 3.63) is 0 Å². The van der Waals surface area contributed by atoms with Gasteiger partial charge in [0.05, 0.1) is 13.2 Å². The Morgan fingerprint density at radius 1 is 0.923 bits per heavy atom. The smallest absolute Gasteiger partial charge is 0.217 e. The molecule has 0 saturated carbocycles. The van der Waals surface area contributed by atoms with Gasteiger partial charge in [-0.3, -0.25) is 4.79 Å². The van der Waals surface area contributed by atoms with E-state index < -0.39 is 80.5 Å². The van der Waals surface area contributed by atoms with Crippen molar-refractivity contribution >= 4 is 5.91 Å². The fourth-order valence-electron chi connectivity index (χ4n) is 2.97. The lowest BCUT2D eigenvalue weighted by Crippen LogP contribution is -2.67. The predicted molar refractivity (Wildman–Crippen MR) is 80.2 cm³/mol. The molecule has 2 aliphatic heterocycles. The van der Waals surface area contributed by atoms with Gasteiger partial charge in [-0.1, -0.05) is 0 Å². The van der Waals surface area contributed by atoms with E-state index in [4.69, 9.17) is 14.2 Å². The minimum Gasteiger partial charge on any atom is -0.394 e. The summed E-state index contributed by atoms with van der Waals surface area (Å²) in [5.74, 6) is -0.581. The van der Waals surface area contributed by atoms with Crippen LogP contribution in [0, 0.1) is 0 Å². The Balaban J connectivity index is 2.22. The van der Waals surface area contributed by atoms with Crippen molar-refractivity contribution < 1.29 is 54.8 Å². The molecular formula is C14H25NO11. The van der Waals surface area contributed by atoms with Gasteiger partial charge in [-0.2, -0.15) is 0 Å². The molecule has 12 nitrogen and oxygen atoms in total. The van der Waals surface area contributed by atoms with Crippen LogP contribution in [0.25, 0.3) is 0 Å². The first-order valence-electron chi connectivity index (χ1n) is 8.06. The van der Waals surface area contributed by atoms with Crippen LogP contribution in [0.5, 0.6) is 0 Å². The van der Waals surface area contributed by atoms with Gasteiger partial charge in [0, 0.05) is 6.92 Å². The van der Waals surface area contributed by atoms with E-state index in [1.165, 1.54) is 0 Å². The molecule has 2 aliphatic rings. The van der Waals surface area contributed by atoms with Crippen molar-refractivity contribution in [2.24, 2.45) is 0 Å². The fraction of sp³-hybridized carbons (Fsp3) is 0.929. The van der Waals surface area contributed by atoms with Crippen molar-refractivity contribution in [1.82, 2.24) is 5.32 Å². The summed E-state index contributed by atoms with van der Waals surface area (Å²) in [6.45, 7) is -0.199. The second kappa shape index (κ2) is 8.84. The minimum atomic E-state index is -1.77. The normalized spacial score (nSPS) is 46.8. The Kier molecular flexibility index (Phi) is 7.27. The quantitative estimate of drug-likeness (QED) is 0.226. The molecule has 0 aromatic heterocycles. The monoisotopic (exact) mass is 383 g/mol. The van der Waals surface area contributed by atoms with E-state index in [-0.39, 0.29) is 0 Å². The molecule has 152 valence electrons. The Morgan fingerprint density at radius 3 is 2.04 bits per heavy atom. The van der Waals surface area contributed by atoms with E-state index >= 15 is 0 Å². The molecule has 0 bridgehead atoms. The third-order valence-electron chi connectivity index (χ3n) is 4.38. The van der Waals surface area contributed by atoms with Crippen molar-refractivity contribution in [3.8, 4) is 0 Å². The van der Waals surface area contributed by atoms with Crippen LogP contribution in [-0.4, -0.2) is 116 Å². The maximum absolute atomic E-state index is 11.4. The number of ether oxygens (including phenoxy) is 3. The van der Waals surface area contributed by atoms with Crippen molar-refractivity contribution in [2.45, 2.75) is 68.3 Å². The second-order valence-corrected chi connectivity index (χ2v) is 6.26. The highest BCUT2D eigenvalue weighted by molar-refractivity contribution is 5.73. The van der Waals surface area contributed by atoms with Gasteiger partial charge in [0.25, 0.3) is 0 Å². The molecule has 0 aromatic rings. The standard InChI is InChI=1S/C14H25NO11/c1-4(18)15-7-10(21)8(19)5(2-16)25-14(7)26-12-9(20)6(3-17)24-13(23)11(12)22/h5-14,16-17,19-23H,2-3H2,1H3,(H,15,18)/t5-,6-,7-,8-,9+,10-,11-,12+,13+,14+/m1/s1. The number of rotatable bonds is 5. The lowest BCUT2D eigenvalue weighted by atomic mass is 9.95. The molecule has 2 fully saturated rings. The van der Waals surface area contributed by atoms with Gasteiger partial charge in [0.1, 0.15) is 48.8 Å². The topological polar surface area (TPSA) is 198 Å². The van der Waals surface area contributed by atoms with Gasteiger partial charge < -0.3 is 55.3 Å². The van der Waals surface area contributed by atoms with Crippen LogP contribution in [-0.2, 0) is 19.0 Å². The summed E-state index contributed by atoms with van der Waals surface area (Å²) in [6, 6.07) is -1.29. The highest BCUT2D eigenvalue weighted by atomic mass is 16.7. The van der Waals surface area contributed by atoms with Crippen LogP contribution >= 0.6 is 0 Å². The van der Waals surface area contributed by atoms with Crippen LogP contribution in [0.4, 0.5) is 0 Å². The Hall–Kier alpha value is -0.930. The van der Waals surface area contributed by atoms with Gasteiger partial charge in [0.2, 0.25) is 5.91 Å². The first kappa shape index (κ1) is 21.4. The first-order valence-corrected chi connectivity index (χ1v) is 8.06. The van der Waals surface area contributed by atoms with Gasteiger partial charge in [-0.05, 0) is 0 Å². The maximum Gasteiger partial charge on any atom is 0.217 e. The van der Waals surface area contributed by atoms with Crippen molar-refractivity contribution in [3.63, 3.8) is 0 Å². The molecule has 1 amide bonds. The summed E-state index contributed by atoms with van der Waals surface area (Å²) in [7, 11) is 0. The summed E-state index contributed by atoms with van der Waals surface area (Å²) >= 11 is 0. The lowest BCUT2D eigenvalue weighted by molar-refractivity contribution is -0.341. The number of nitrogens with one attached hydrogen (secondary N) is 1. The van der Waals surface area contributed by atoms with Gasteiger partial charge in [-0.25, -0.2) is 0 Å². The zero-order valence-corrected chi connectivity index (χ0v) is 14.0. The molecule has 0 unspecified atom stereocenters. The molecule has 26 heavy (non-hydrogen) atoms. The number of aliphatic hydroxyl groups excluding tert-OH is 7. The maximum atomic E-state index is 11.4. The fourth-order valence-corrected chi connectivity index (χ4v) is 2.97. The molecule has 12 heteroatoms. The summed E-state index contributed by atoms with van der Waals surface area (Å²) in [5.41, 5.74) is 0. The molecule has 0 radical (unpaired) electrons. The zero-order valence-electron chi connectivity index (χ0n) is 14.0. The van der Waals surface area contributed by atoms with Crippen molar-refractivity contribution in [2.75, 3.05) is 13.2 Å². The Bertz CT molecular complexity index is 480. The minimum absolute atomic E-state index is 0.581. The first-order chi connectivity index (χ1) is 12.2. The summed E-state index contributed by atoms with van der Waals surface area (Å²) < 4.78 is 15.6. The van der Waals surface area contributed by atoms with Crippen LogP contribution < -0.4 is 5.32 Å². The van der Waals surface area contributed by atoms with Crippen LogP contribution in [0.1, 0.15) is 6.92 Å². The summed E-state index contributed by atoms with van der Waals surface area (Å²) in [6.07, 6.45) is -13.7. The average molecular weight is 383 g/mol.